The van der Waals surface area contributed by atoms with Gasteiger partial charge in [-0.15, -0.1) is 0 Å². The Labute approximate surface area is 201 Å². The van der Waals surface area contributed by atoms with Gasteiger partial charge in [0.1, 0.15) is 5.69 Å². The van der Waals surface area contributed by atoms with Crippen LogP contribution in [-0.2, 0) is 6.54 Å². The molecule has 2 aliphatic rings. The summed E-state index contributed by atoms with van der Waals surface area (Å²) in [6.45, 7) is 5.23. The first-order chi connectivity index (χ1) is 17.0. The zero-order chi connectivity index (χ0) is 23.9. The van der Waals surface area contributed by atoms with Crippen LogP contribution < -0.4 is 16.4 Å². The van der Waals surface area contributed by atoms with Gasteiger partial charge in [0.15, 0.2) is 11.1 Å². The van der Waals surface area contributed by atoms with Gasteiger partial charge in [0.05, 0.1) is 17.9 Å². The lowest BCUT2D eigenvalue weighted by Gasteiger charge is -2.32. The molecule has 3 N–H and O–H groups in total. The van der Waals surface area contributed by atoms with Crippen LogP contribution in [0, 0.1) is 0 Å². The summed E-state index contributed by atoms with van der Waals surface area (Å²) >= 11 is 0. The fourth-order valence-corrected chi connectivity index (χ4v) is 4.44. The minimum atomic E-state index is -0.472. The number of likely N-dealkylation sites (N-methyl/N-ethyl adjacent to an activating group) is 1. The average Bonchev–Trinajstić information content (AvgIpc) is 3.48. The van der Waals surface area contributed by atoms with E-state index in [-0.39, 0.29) is 11.6 Å². The Morgan fingerprint density at radius 2 is 2.00 bits per heavy atom. The Morgan fingerprint density at radius 3 is 2.74 bits per heavy atom. The monoisotopic (exact) mass is 472 g/mol. The first-order valence-corrected chi connectivity index (χ1v) is 12.0. The number of nitrogens with zero attached hydrogens (tertiary/aromatic N) is 6. The van der Waals surface area contributed by atoms with Crippen molar-refractivity contribution < 1.29 is 5.11 Å². The number of aromatic nitrogens is 5. The quantitative estimate of drug-likeness (QED) is 0.389. The fourth-order valence-electron chi connectivity index (χ4n) is 4.44. The molecule has 1 saturated carbocycles. The Bertz CT molecular complexity index is 1550. The molecule has 10 heteroatoms. The third-order valence-corrected chi connectivity index (χ3v) is 6.60. The number of nitrogens with one attached hydrogen (secondary N) is 2. The SMILES string of the molecule is CN1CCN(Cc2cccc(-c3cc(=NC4CC4)n4ncc(=Cc5[nH]c(=O)[nH]c5O)c4n3)c2)CC1. The molecule has 1 aliphatic heterocycles. The standard InChI is InChI=1S/C25H28N8O2/c1-31-7-9-32(10-8-31)15-16-3-2-4-17(11-16)20-13-22(27-19-5-6-19)33-23(28-20)18(14-26-33)12-21-24(34)30-25(35)29-21/h2-4,11-14,19,34H,5-10,15H2,1H3,(H2,29,30,35). The smallest absolute Gasteiger partial charge is 0.326 e. The summed E-state index contributed by atoms with van der Waals surface area (Å²) < 4.78 is 1.73. The highest BCUT2D eigenvalue weighted by molar-refractivity contribution is 5.64. The average molecular weight is 473 g/mol. The van der Waals surface area contributed by atoms with Crippen molar-refractivity contribution in [2.45, 2.75) is 25.4 Å². The maximum absolute atomic E-state index is 11.6. The van der Waals surface area contributed by atoms with Gasteiger partial charge < -0.3 is 15.0 Å². The summed E-state index contributed by atoms with van der Waals surface area (Å²) in [7, 11) is 2.17. The van der Waals surface area contributed by atoms with Crippen molar-refractivity contribution in [2.75, 3.05) is 33.2 Å². The van der Waals surface area contributed by atoms with Gasteiger partial charge in [-0.2, -0.15) is 9.61 Å². The number of rotatable bonds is 5. The van der Waals surface area contributed by atoms with Gasteiger partial charge in [0, 0.05) is 49.6 Å². The number of piperazine rings is 1. The van der Waals surface area contributed by atoms with E-state index in [1.54, 1.807) is 16.8 Å². The molecule has 180 valence electrons. The molecule has 4 aromatic rings. The predicted molar refractivity (Wildman–Crippen MR) is 132 cm³/mol. The third kappa shape index (κ3) is 4.62. The maximum atomic E-state index is 11.6. The molecule has 1 aliphatic carbocycles. The lowest BCUT2D eigenvalue weighted by atomic mass is 10.1. The van der Waals surface area contributed by atoms with Crippen molar-refractivity contribution in [3.8, 4) is 17.1 Å². The van der Waals surface area contributed by atoms with E-state index < -0.39 is 5.69 Å². The van der Waals surface area contributed by atoms with E-state index in [1.807, 2.05) is 6.07 Å². The Balaban J connectivity index is 1.43. The van der Waals surface area contributed by atoms with E-state index >= 15 is 0 Å². The third-order valence-electron chi connectivity index (χ3n) is 6.60. The fraction of sp³-hybridized carbons (Fsp3) is 0.360. The number of hydrogen-bond donors (Lipinski definition) is 3. The number of imidazole rings is 1. The van der Waals surface area contributed by atoms with Gasteiger partial charge in [-0.25, -0.2) is 9.78 Å². The number of H-pyrrole nitrogens is 2. The summed E-state index contributed by atoms with van der Waals surface area (Å²) in [5.41, 5.74) is 4.28. The van der Waals surface area contributed by atoms with Crippen LogP contribution in [-0.4, -0.2) is 78.7 Å². The summed E-state index contributed by atoms with van der Waals surface area (Å²) in [6.07, 6.45) is 5.50. The Kier molecular flexibility index (Phi) is 5.46. The molecular formula is C25H28N8O2. The number of benzene rings is 1. The summed E-state index contributed by atoms with van der Waals surface area (Å²) in [5, 5.41) is 15.2. The normalized spacial score (nSPS) is 18.7. The zero-order valence-corrected chi connectivity index (χ0v) is 19.6. The first kappa shape index (κ1) is 21.8. The highest BCUT2D eigenvalue weighted by Crippen LogP contribution is 2.23. The van der Waals surface area contributed by atoms with Crippen LogP contribution in [0.25, 0.3) is 23.0 Å². The van der Waals surface area contributed by atoms with Crippen LogP contribution in [0.3, 0.4) is 0 Å². The number of hydrogen-bond acceptors (Lipinski definition) is 7. The molecule has 4 heterocycles. The molecule has 35 heavy (non-hydrogen) atoms. The van der Waals surface area contributed by atoms with Crippen LogP contribution in [0.5, 0.6) is 5.88 Å². The topological polar surface area (TPSA) is 118 Å². The van der Waals surface area contributed by atoms with Crippen LogP contribution in [0.1, 0.15) is 24.1 Å². The number of aromatic amines is 2. The summed E-state index contributed by atoms with van der Waals surface area (Å²) in [6, 6.07) is 10.8. The van der Waals surface area contributed by atoms with Gasteiger partial charge in [-0.05, 0) is 37.6 Å². The van der Waals surface area contributed by atoms with E-state index in [1.165, 1.54) is 5.56 Å². The molecule has 0 atom stereocenters. The van der Waals surface area contributed by atoms with Gasteiger partial charge in [0.25, 0.3) is 0 Å². The van der Waals surface area contributed by atoms with Crippen LogP contribution >= 0.6 is 0 Å². The van der Waals surface area contributed by atoms with E-state index in [4.69, 9.17) is 9.98 Å². The second-order valence-corrected chi connectivity index (χ2v) is 9.46. The highest BCUT2D eigenvalue weighted by Gasteiger charge is 2.20. The maximum Gasteiger partial charge on any atom is 0.326 e. The zero-order valence-electron chi connectivity index (χ0n) is 19.6. The molecule has 0 unspecified atom stereocenters. The van der Waals surface area contributed by atoms with Crippen molar-refractivity contribution in [3.05, 3.63) is 69.0 Å². The molecule has 0 radical (unpaired) electrons. The number of aromatic hydroxyl groups is 1. The first-order valence-electron chi connectivity index (χ1n) is 12.0. The molecule has 2 fully saturated rings. The van der Waals surface area contributed by atoms with Gasteiger partial charge in [-0.3, -0.25) is 14.9 Å². The largest absolute Gasteiger partial charge is 0.493 e. The highest BCUT2D eigenvalue weighted by atomic mass is 16.3. The van der Waals surface area contributed by atoms with E-state index in [2.05, 4.69) is 56.2 Å². The van der Waals surface area contributed by atoms with Crippen molar-refractivity contribution in [3.63, 3.8) is 0 Å². The number of fused-ring (bicyclic) bond motifs is 1. The molecule has 6 rings (SSSR count). The van der Waals surface area contributed by atoms with Gasteiger partial charge in [0.2, 0.25) is 5.88 Å². The molecule has 0 bridgehead atoms. The Morgan fingerprint density at radius 1 is 1.17 bits per heavy atom. The van der Waals surface area contributed by atoms with Crippen molar-refractivity contribution in [1.82, 2.24) is 34.4 Å². The molecule has 1 saturated heterocycles. The summed E-state index contributed by atoms with van der Waals surface area (Å²) in [4.78, 5) is 31.1. The minimum absolute atomic E-state index is 0.218. The minimum Gasteiger partial charge on any atom is -0.493 e. The molecule has 0 spiro atoms. The van der Waals surface area contributed by atoms with Crippen LogP contribution in [0.15, 0.2) is 46.3 Å². The van der Waals surface area contributed by atoms with E-state index in [9.17, 15) is 9.90 Å². The predicted octanol–water partition coefficient (Wildman–Crippen LogP) is 0.477. The second kappa shape index (κ2) is 8.79. The van der Waals surface area contributed by atoms with Crippen molar-refractivity contribution in [2.24, 2.45) is 4.99 Å². The lowest BCUT2D eigenvalue weighted by molar-refractivity contribution is 0.148. The molecular weight excluding hydrogens is 444 g/mol. The van der Waals surface area contributed by atoms with Gasteiger partial charge in [-0.1, -0.05) is 18.2 Å². The summed E-state index contributed by atoms with van der Waals surface area (Å²) in [5.74, 6) is -0.218. The molecule has 3 aromatic heterocycles. The van der Waals surface area contributed by atoms with E-state index in [0.29, 0.717) is 16.9 Å². The molecule has 1 aromatic carbocycles. The molecule has 10 nitrogen and oxygen atoms in total. The van der Waals surface area contributed by atoms with E-state index in [0.717, 1.165) is 62.3 Å². The molecule has 0 amide bonds. The Hall–Kier alpha value is -3.76. The second-order valence-electron chi connectivity index (χ2n) is 9.46. The van der Waals surface area contributed by atoms with Crippen molar-refractivity contribution >= 4 is 11.7 Å². The lowest BCUT2D eigenvalue weighted by Crippen LogP contribution is -2.43. The van der Waals surface area contributed by atoms with Crippen LogP contribution in [0.2, 0.25) is 0 Å². The van der Waals surface area contributed by atoms with Crippen molar-refractivity contribution in [1.29, 1.82) is 0 Å². The van der Waals surface area contributed by atoms with Crippen LogP contribution in [0.4, 0.5) is 0 Å². The van der Waals surface area contributed by atoms with Gasteiger partial charge >= 0.3 is 5.69 Å².